The first kappa shape index (κ1) is 20.1. The minimum Gasteiger partial charge on any atom is -0.352 e. The maximum Gasteiger partial charge on any atom is 0.261 e. The van der Waals surface area contributed by atoms with Crippen molar-refractivity contribution >= 4 is 17.7 Å². The number of amides is 3. The van der Waals surface area contributed by atoms with Crippen molar-refractivity contribution in [3.8, 4) is 0 Å². The molecule has 1 atom stereocenters. The zero-order chi connectivity index (χ0) is 20.4. The predicted octanol–water partition coefficient (Wildman–Crippen LogP) is 2.89. The van der Waals surface area contributed by atoms with Gasteiger partial charge in [0.1, 0.15) is 0 Å². The molecule has 1 aliphatic carbocycles. The number of likely N-dealkylation sites (tertiary alicyclic amines) is 1. The zero-order valence-electron chi connectivity index (χ0n) is 17.3. The smallest absolute Gasteiger partial charge is 0.261 e. The number of nitrogens with one attached hydrogen (secondary N) is 1. The lowest BCUT2D eigenvalue weighted by atomic mass is 10.1. The zero-order valence-corrected chi connectivity index (χ0v) is 17.3. The molecule has 1 saturated carbocycles. The molecule has 0 spiro atoms. The van der Waals surface area contributed by atoms with Crippen LogP contribution in [0.3, 0.4) is 0 Å². The van der Waals surface area contributed by atoms with Gasteiger partial charge < -0.3 is 5.32 Å². The minimum atomic E-state index is -0.293. The summed E-state index contributed by atoms with van der Waals surface area (Å²) in [7, 11) is 0. The molecule has 156 valence electrons. The van der Waals surface area contributed by atoms with E-state index in [2.05, 4.69) is 10.2 Å². The van der Waals surface area contributed by atoms with Crippen molar-refractivity contribution in [2.75, 3.05) is 19.6 Å². The summed E-state index contributed by atoms with van der Waals surface area (Å²) >= 11 is 0. The summed E-state index contributed by atoms with van der Waals surface area (Å²) in [5, 5.41) is 3.12. The van der Waals surface area contributed by atoms with Crippen molar-refractivity contribution < 1.29 is 14.4 Å². The summed E-state index contributed by atoms with van der Waals surface area (Å²) in [6.07, 6.45) is 9.03. The molecule has 0 aromatic heterocycles. The fourth-order valence-electron chi connectivity index (χ4n) is 4.98. The van der Waals surface area contributed by atoms with Gasteiger partial charge in [-0.25, -0.2) is 0 Å². The molecule has 6 nitrogen and oxygen atoms in total. The molecule has 4 rings (SSSR count). The summed E-state index contributed by atoms with van der Waals surface area (Å²) in [6.45, 7) is 4.00. The molecule has 1 N–H and O–H groups in total. The first-order valence-electron chi connectivity index (χ1n) is 11.0. The predicted molar refractivity (Wildman–Crippen MR) is 111 cm³/mol. The van der Waals surface area contributed by atoms with E-state index < -0.39 is 0 Å². The lowest BCUT2D eigenvalue weighted by molar-refractivity contribution is -0.121. The number of hydrogen-bond acceptors (Lipinski definition) is 4. The molecular formula is C23H31N3O3. The second kappa shape index (κ2) is 8.66. The van der Waals surface area contributed by atoms with Crippen LogP contribution < -0.4 is 5.32 Å². The molecule has 1 aromatic carbocycles. The summed E-state index contributed by atoms with van der Waals surface area (Å²) in [5.41, 5.74) is 1.84. The molecule has 29 heavy (non-hydrogen) atoms. The number of aryl methyl sites for hydroxylation is 1. The van der Waals surface area contributed by atoms with Crippen LogP contribution in [0.25, 0.3) is 0 Å². The van der Waals surface area contributed by atoms with Gasteiger partial charge in [0.2, 0.25) is 5.91 Å². The first-order valence-corrected chi connectivity index (χ1v) is 11.0. The molecule has 3 amide bonds. The van der Waals surface area contributed by atoms with Crippen molar-refractivity contribution in [2.24, 2.45) is 0 Å². The Kier molecular flexibility index (Phi) is 5.99. The van der Waals surface area contributed by atoms with Gasteiger partial charge in [-0.3, -0.25) is 24.2 Å². The summed E-state index contributed by atoms with van der Waals surface area (Å²) in [5.74, 6) is -0.662. The average molecular weight is 398 g/mol. The lowest BCUT2D eigenvalue weighted by Crippen LogP contribution is -2.41. The van der Waals surface area contributed by atoms with E-state index in [1.165, 1.54) is 43.4 Å². The normalized spacial score (nSPS) is 23.3. The van der Waals surface area contributed by atoms with Crippen LogP contribution in [-0.2, 0) is 4.79 Å². The Morgan fingerprint density at radius 1 is 1.03 bits per heavy atom. The Bertz CT molecular complexity index is 799. The summed E-state index contributed by atoms with van der Waals surface area (Å²) < 4.78 is 0. The Morgan fingerprint density at radius 3 is 2.52 bits per heavy atom. The highest BCUT2D eigenvalue weighted by atomic mass is 16.2. The Balaban J connectivity index is 1.26. The lowest BCUT2D eigenvalue weighted by Gasteiger charge is -2.26. The molecular weight excluding hydrogens is 366 g/mol. The quantitative estimate of drug-likeness (QED) is 0.613. The van der Waals surface area contributed by atoms with Crippen LogP contribution in [-0.4, -0.2) is 59.2 Å². The fourth-order valence-corrected chi connectivity index (χ4v) is 4.98. The number of imide groups is 1. The molecule has 2 aliphatic heterocycles. The third-order valence-corrected chi connectivity index (χ3v) is 6.61. The number of nitrogens with zero attached hydrogens (tertiary/aromatic N) is 2. The van der Waals surface area contributed by atoms with Crippen LogP contribution in [0.15, 0.2) is 18.2 Å². The van der Waals surface area contributed by atoms with Crippen molar-refractivity contribution in [3.05, 3.63) is 34.9 Å². The number of carbonyl (C=O) groups is 3. The van der Waals surface area contributed by atoms with E-state index in [0.29, 0.717) is 17.2 Å². The second-order valence-corrected chi connectivity index (χ2v) is 8.75. The van der Waals surface area contributed by atoms with Gasteiger partial charge in [0.15, 0.2) is 0 Å². The Hall–Kier alpha value is -2.21. The van der Waals surface area contributed by atoms with E-state index >= 15 is 0 Å². The number of rotatable bonds is 5. The molecule has 2 heterocycles. The van der Waals surface area contributed by atoms with Crippen LogP contribution >= 0.6 is 0 Å². The molecule has 6 heteroatoms. The van der Waals surface area contributed by atoms with Crippen LogP contribution in [0.1, 0.15) is 77.6 Å². The van der Waals surface area contributed by atoms with Crippen LogP contribution in [0.5, 0.6) is 0 Å². The van der Waals surface area contributed by atoms with Gasteiger partial charge in [-0.1, -0.05) is 37.3 Å². The molecule has 3 aliphatic rings. The number of benzene rings is 1. The van der Waals surface area contributed by atoms with Gasteiger partial charge in [0, 0.05) is 38.1 Å². The van der Waals surface area contributed by atoms with Crippen LogP contribution in [0.2, 0.25) is 0 Å². The van der Waals surface area contributed by atoms with E-state index in [1.807, 2.05) is 13.0 Å². The molecule has 0 bridgehead atoms. The van der Waals surface area contributed by atoms with Crippen molar-refractivity contribution in [1.29, 1.82) is 0 Å². The van der Waals surface area contributed by atoms with Crippen molar-refractivity contribution in [2.45, 2.75) is 70.4 Å². The topological polar surface area (TPSA) is 69.7 Å². The molecule has 0 radical (unpaired) electrons. The third kappa shape index (κ3) is 4.37. The van der Waals surface area contributed by atoms with E-state index in [-0.39, 0.29) is 36.7 Å². The number of hydrogen-bond donors (Lipinski definition) is 1. The average Bonchev–Trinajstić information content (AvgIpc) is 3.11. The fraction of sp³-hybridized carbons (Fsp3) is 0.609. The summed E-state index contributed by atoms with van der Waals surface area (Å²) in [4.78, 5) is 41.2. The highest BCUT2D eigenvalue weighted by Crippen LogP contribution is 2.26. The highest BCUT2D eigenvalue weighted by molar-refractivity contribution is 6.21. The highest BCUT2D eigenvalue weighted by Gasteiger charge is 2.36. The van der Waals surface area contributed by atoms with Crippen LogP contribution in [0, 0.1) is 6.92 Å². The van der Waals surface area contributed by atoms with Gasteiger partial charge >= 0.3 is 0 Å². The molecule has 1 saturated heterocycles. The molecule has 1 aromatic rings. The molecule has 2 fully saturated rings. The van der Waals surface area contributed by atoms with Gasteiger partial charge in [0.05, 0.1) is 11.1 Å². The third-order valence-electron chi connectivity index (χ3n) is 6.61. The minimum absolute atomic E-state index is 0.0783. The van der Waals surface area contributed by atoms with E-state index in [1.54, 1.807) is 12.1 Å². The van der Waals surface area contributed by atoms with Gasteiger partial charge in [-0.05, 0) is 38.3 Å². The van der Waals surface area contributed by atoms with Gasteiger partial charge in [-0.2, -0.15) is 0 Å². The Labute approximate surface area is 172 Å². The molecule has 1 unspecified atom stereocenters. The van der Waals surface area contributed by atoms with Crippen molar-refractivity contribution in [1.82, 2.24) is 15.1 Å². The SMILES string of the molecule is Cc1ccc2c(c1)C(=O)N(CCC(=O)NC1CCN(C3CCCCCC3)C1)C2=O. The van der Waals surface area contributed by atoms with E-state index in [0.717, 1.165) is 25.1 Å². The van der Waals surface area contributed by atoms with E-state index in [9.17, 15) is 14.4 Å². The monoisotopic (exact) mass is 397 g/mol. The largest absolute Gasteiger partial charge is 0.352 e. The standard InChI is InChI=1S/C23H31N3O3/c1-16-8-9-19-20(14-16)23(29)26(22(19)28)13-11-21(27)24-17-10-12-25(15-17)18-6-4-2-3-5-7-18/h8-9,14,17-18H,2-7,10-13,15H2,1H3,(H,24,27). The van der Waals surface area contributed by atoms with Gasteiger partial charge in [-0.15, -0.1) is 0 Å². The van der Waals surface area contributed by atoms with Crippen molar-refractivity contribution in [3.63, 3.8) is 0 Å². The van der Waals surface area contributed by atoms with Gasteiger partial charge in [0.25, 0.3) is 11.8 Å². The first-order chi connectivity index (χ1) is 14.0. The maximum atomic E-state index is 12.5. The second-order valence-electron chi connectivity index (χ2n) is 8.75. The maximum absolute atomic E-state index is 12.5. The van der Waals surface area contributed by atoms with E-state index in [4.69, 9.17) is 0 Å². The number of carbonyl (C=O) groups excluding carboxylic acids is 3. The Morgan fingerprint density at radius 2 is 1.76 bits per heavy atom. The van der Waals surface area contributed by atoms with Crippen LogP contribution in [0.4, 0.5) is 0 Å². The summed E-state index contributed by atoms with van der Waals surface area (Å²) in [6, 6.07) is 6.12. The number of fused-ring (bicyclic) bond motifs is 1.